The Morgan fingerprint density at radius 3 is 2.54 bits per heavy atom. The van der Waals surface area contributed by atoms with Gasteiger partial charge in [0.05, 0.1) is 12.7 Å². The second-order valence-electron chi connectivity index (χ2n) is 6.64. The van der Waals surface area contributed by atoms with Crippen LogP contribution in [-0.4, -0.2) is 43.7 Å². The lowest BCUT2D eigenvalue weighted by Crippen LogP contribution is -2.30. The molecule has 3 aromatic rings. The van der Waals surface area contributed by atoms with Gasteiger partial charge in [0.15, 0.2) is 0 Å². The van der Waals surface area contributed by atoms with Gasteiger partial charge in [-0.3, -0.25) is 4.79 Å². The van der Waals surface area contributed by atoms with Gasteiger partial charge in [0.25, 0.3) is 0 Å². The van der Waals surface area contributed by atoms with Crippen molar-refractivity contribution < 1.29 is 14.3 Å². The van der Waals surface area contributed by atoms with Crippen molar-refractivity contribution >= 4 is 28.5 Å². The van der Waals surface area contributed by atoms with Gasteiger partial charge in [0, 0.05) is 42.9 Å². The summed E-state index contributed by atoms with van der Waals surface area (Å²) in [6.45, 7) is 1.61. The summed E-state index contributed by atoms with van der Waals surface area (Å²) in [5, 5.41) is 3.74. The van der Waals surface area contributed by atoms with E-state index >= 15 is 0 Å². The predicted molar refractivity (Wildman–Crippen MR) is 111 cm³/mol. The molecule has 28 heavy (non-hydrogen) atoms. The highest BCUT2D eigenvalue weighted by atomic mass is 16.5. The van der Waals surface area contributed by atoms with Crippen LogP contribution in [0, 0.1) is 0 Å². The first-order chi connectivity index (χ1) is 13.6. The van der Waals surface area contributed by atoms with E-state index in [0.717, 1.165) is 29.6 Å². The van der Waals surface area contributed by atoms with E-state index in [4.69, 9.17) is 4.74 Å². The van der Waals surface area contributed by atoms with E-state index in [2.05, 4.69) is 22.3 Å². The molecule has 1 aromatic heterocycles. The van der Waals surface area contributed by atoms with Crippen LogP contribution in [0.3, 0.4) is 0 Å². The maximum atomic E-state index is 12.4. The van der Waals surface area contributed by atoms with Crippen LogP contribution < -0.4 is 10.2 Å². The monoisotopic (exact) mass is 379 g/mol. The van der Waals surface area contributed by atoms with Crippen LogP contribution in [0.1, 0.15) is 16.8 Å². The van der Waals surface area contributed by atoms with E-state index in [9.17, 15) is 9.59 Å². The fourth-order valence-corrected chi connectivity index (χ4v) is 3.22. The topological polar surface area (TPSA) is 63.6 Å². The highest BCUT2D eigenvalue weighted by Gasteiger charge is 2.16. The minimum atomic E-state index is -0.403. The quantitative estimate of drug-likeness (QED) is 0.483. The maximum absolute atomic E-state index is 12.4. The molecule has 2 aromatic carbocycles. The van der Waals surface area contributed by atoms with E-state index < -0.39 is 5.97 Å². The fourth-order valence-electron chi connectivity index (χ4n) is 3.22. The Morgan fingerprint density at radius 1 is 1.07 bits per heavy atom. The number of aromatic nitrogens is 1. The standard InChI is InChI=1S/C22H25N3O3/c1-24(17-9-4-3-5-10-17)14-8-13-23-21(26)16-25-15-19(22(27)28-2)18-11-6-7-12-20(18)25/h3-7,9-12,15H,8,13-14,16H2,1-2H3,(H,23,26). The number of rotatable bonds is 8. The van der Waals surface area contributed by atoms with Crippen molar-refractivity contribution in [2.24, 2.45) is 0 Å². The average Bonchev–Trinajstić information content (AvgIpc) is 3.09. The van der Waals surface area contributed by atoms with Gasteiger partial charge in [-0.05, 0) is 24.6 Å². The Bertz CT molecular complexity index is 950. The van der Waals surface area contributed by atoms with Crippen LogP contribution in [0.2, 0.25) is 0 Å². The van der Waals surface area contributed by atoms with Crippen molar-refractivity contribution in [3.8, 4) is 0 Å². The molecule has 0 atom stereocenters. The van der Waals surface area contributed by atoms with Gasteiger partial charge in [-0.25, -0.2) is 4.79 Å². The van der Waals surface area contributed by atoms with Crippen molar-refractivity contribution in [3.05, 3.63) is 66.4 Å². The number of hydrogen-bond donors (Lipinski definition) is 1. The molecule has 0 saturated carbocycles. The summed E-state index contributed by atoms with van der Waals surface area (Å²) >= 11 is 0. The molecule has 0 bridgehead atoms. The van der Waals surface area contributed by atoms with Crippen molar-refractivity contribution in [3.63, 3.8) is 0 Å². The zero-order valence-corrected chi connectivity index (χ0v) is 16.2. The highest BCUT2D eigenvalue weighted by molar-refractivity contribution is 6.04. The van der Waals surface area contributed by atoms with Gasteiger partial charge >= 0.3 is 5.97 Å². The van der Waals surface area contributed by atoms with Crippen molar-refractivity contribution in [1.82, 2.24) is 9.88 Å². The molecule has 1 heterocycles. The Kier molecular flexibility index (Phi) is 6.32. The largest absolute Gasteiger partial charge is 0.465 e. The summed E-state index contributed by atoms with van der Waals surface area (Å²) in [4.78, 5) is 26.5. The van der Waals surface area contributed by atoms with Crippen LogP contribution in [0.25, 0.3) is 10.9 Å². The number of nitrogens with one attached hydrogen (secondary N) is 1. The van der Waals surface area contributed by atoms with E-state index in [1.165, 1.54) is 7.11 Å². The number of methoxy groups -OCH3 is 1. The molecule has 0 radical (unpaired) electrons. The van der Waals surface area contributed by atoms with Gasteiger partial charge in [-0.1, -0.05) is 36.4 Å². The van der Waals surface area contributed by atoms with Crippen molar-refractivity contribution in [2.45, 2.75) is 13.0 Å². The molecule has 1 amide bonds. The molecule has 0 unspecified atom stereocenters. The number of anilines is 1. The Labute approximate surface area is 164 Å². The Morgan fingerprint density at radius 2 is 1.79 bits per heavy atom. The fraction of sp³-hybridized carbons (Fsp3) is 0.273. The first kappa shape index (κ1) is 19.5. The van der Waals surface area contributed by atoms with E-state index in [-0.39, 0.29) is 12.5 Å². The van der Waals surface area contributed by atoms with Crippen LogP contribution in [0.4, 0.5) is 5.69 Å². The summed E-state index contributed by atoms with van der Waals surface area (Å²) < 4.78 is 6.63. The molecule has 0 aliphatic heterocycles. The molecule has 6 heteroatoms. The number of para-hydroxylation sites is 2. The molecule has 0 spiro atoms. The Balaban J connectivity index is 1.54. The number of carbonyl (C=O) groups excluding carboxylic acids is 2. The van der Waals surface area contributed by atoms with Crippen molar-refractivity contribution in [2.75, 3.05) is 32.1 Å². The lowest BCUT2D eigenvalue weighted by molar-refractivity contribution is -0.121. The minimum absolute atomic E-state index is 0.0838. The normalized spacial score (nSPS) is 10.6. The molecule has 0 saturated heterocycles. The summed E-state index contributed by atoms with van der Waals surface area (Å²) in [6, 6.07) is 17.6. The molecule has 0 aliphatic carbocycles. The highest BCUT2D eigenvalue weighted by Crippen LogP contribution is 2.22. The third kappa shape index (κ3) is 4.52. The summed E-state index contributed by atoms with van der Waals surface area (Å²) in [5.74, 6) is -0.487. The number of hydrogen-bond acceptors (Lipinski definition) is 4. The van der Waals surface area contributed by atoms with E-state index in [1.807, 2.05) is 49.5 Å². The third-order valence-corrected chi connectivity index (χ3v) is 4.70. The summed E-state index contributed by atoms with van der Waals surface area (Å²) in [6.07, 6.45) is 2.52. The minimum Gasteiger partial charge on any atom is -0.465 e. The lowest BCUT2D eigenvalue weighted by atomic mass is 10.2. The Hall–Kier alpha value is -3.28. The first-order valence-electron chi connectivity index (χ1n) is 9.29. The number of nitrogens with zero attached hydrogens (tertiary/aromatic N) is 2. The number of esters is 1. The van der Waals surface area contributed by atoms with E-state index in [1.54, 1.807) is 10.8 Å². The van der Waals surface area contributed by atoms with Crippen LogP contribution in [0.15, 0.2) is 60.8 Å². The molecule has 146 valence electrons. The molecule has 6 nitrogen and oxygen atoms in total. The van der Waals surface area contributed by atoms with Gasteiger partial charge in [-0.15, -0.1) is 0 Å². The smallest absolute Gasteiger partial charge is 0.340 e. The first-order valence-corrected chi connectivity index (χ1v) is 9.29. The zero-order valence-electron chi connectivity index (χ0n) is 16.2. The molecule has 3 rings (SSSR count). The average molecular weight is 379 g/mol. The van der Waals surface area contributed by atoms with Crippen molar-refractivity contribution in [1.29, 1.82) is 0 Å². The SMILES string of the molecule is COC(=O)c1cn(CC(=O)NCCCN(C)c2ccccc2)c2ccccc12. The molecule has 0 fully saturated rings. The van der Waals surface area contributed by atoms with Crippen LogP contribution >= 0.6 is 0 Å². The van der Waals surface area contributed by atoms with Crippen LogP contribution in [0.5, 0.6) is 0 Å². The molecule has 0 aliphatic rings. The number of fused-ring (bicyclic) bond motifs is 1. The lowest BCUT2D eigenvalue weighted by Gasteiger charge is -2.19. The van der Waals surface area contributed by atoms with Gasteiger partial charge < -0.3 is 19.5 Å². The summed E-state index contributed by atoms with van der Waals surface area (Å²) in [7, 11) is 3.39. The molecule has 1 N–H and O–H groups in total. The maximum Gasteiger partial charge on any atom is 0.340 e. The second-order valence-corrected chi connectivity index (χ2v) is 6.64. The molecular weight excluding hydrogens is 354 g/mol. The summed E-state index contributed by atoms with van der Waals surface area (Å²) in [5.41, 5.74) is 2.46. The van der Waals surface area contributed by atoms with E-state index in [0.29, 0.717) is 12.1 Å². The number of ether oxygens (including phenoxy) is 1. The van der Waals surface area contributed by atoms with Gasteiger partial charge in [0.1, 0.15) is 6.54 Å². The number of carbonyl (C=O) groups is 2. The second kappa shape index (κ2) is 9.08. The predicted octanol–water partition coefficient (Wildman–Crippen LogP) is 3.07. The van der Waals surface area contributed by atoms with Crippen LogP contribution in [-0.2, 0) is 16.1 Å². The molecular formula is C22H25N3O3. The third-order valence-electron chi connectivity index (χ3n) is 4.70. The number of benzene rings is 2. The van der Waals surface area contributed by atoms with Gasteiger partial charge in [-0.2, -0.15) is 0 Å². The number of amides is 1. The zero-order chi connectivity index (χ0) is 19.9. The van der Waals surface area contributed by atoms with Gasteiger partial charge in [0.2, 0.25) is 5.91 Å².